The zero-order valence-corrected chi connectivity index (χ0v) is 16.1. The number of aromatic nitrogens is 1. The summed E-state index contributed by atoms with van der Waals surface area (Å²) >= 11 is 3.15. The highest BCUT2D eigenvalue weighted by molar-refractivity contribution is 7.20. The second kappa shape index (κ2) is 7.21. The molecule has 2 amide bonds. The number of nitrogens with zero attached hydrogens (tertiary/aromatic N) is 2. The molecule has 1 N–H and O–H groups in total. The zero-order chi connectivity index (χ0) is 19.0. The number of hydrogen-bond donors (Lipinski definition) is 1. The summed E-state index contributed by atoms with van der Waals surface area (Å²) in [5, 5.41) is 7.54. The third kappa shape index (κ3) is 3.63. The molecule has 138 valence electrons. The van der Waals surface area contributed by atoms with Gasteiger partial charge in [0.05, 0.1) is 23.0 Å². The van der Waals surface area contributed by atoms with Crippen LogP contribution < -0.4 is 5.32 Å². The topological polar surface area (TPSA) is 62.3 Å². The van der Waals surface area contributed by atoms with Crippen molar-refractivity contribution in [2.24, 2.45) is 0 Å². The first kappa shape index (κ1) is 17.8. The smallest absolute Gasteiger partial charge is 0.230 e. The van der Waals surface area contributed by atoms with Crippen molar-refractivity contribution in [2.75, 3.05) is 12.4 Å². The molecule has 2 aromatic heterocycles. The molecule has 3 heterocycles. The minimum Gasteiger partial charge on any atom is -0.339 e. The van der Waals surface area contributed by atoms with E-state index in [0.717, 1.165) is 15.6 Å². The number of amides is 2. The Kier molecular flexibility index (Phi) is 4.75. The van der Waals surface area contributed by atoms with E-state index in [0.29, 0.717) is 17.8 Å². The van der Waals surface area contributed by atoms with Gasteiger partial charge >= 0.3 is 0 Å². The second-order valence-electron chi connectivity index (χ2n) is 6.35. The third-order valence-corrected chi connectivity index (χ3v) is 6.34. The number of fused-ring (bicyclic) bond motifs is 1. The number of nitrogens with one attached hydrogen (secondary N) is 1. The Bertz CT molecular complexity index is 1000. The molecule has 3 aromatic rings. The number of anilines is 1. The summed E-state index contributed by atoms with van der Waals surface area (Å²) in [6, 6.07) is 8.07. The number of halogens is 1. The average Bonchev–Trinajstić information content (AvgIpc) is 3.32. The maximum absolute atomic E-state index is 13.7. The van der Waals surface area contributed by atoms with Crippen molar-refractivity contribution < 1.29 is 14.0 Å². The van der Waals surface area contributed by atoms with E-state index in [1.165, 1.54) is 29.5 Å². The quantitative estimate of drug-likeness (QED) is 0.716. The molecule has 0 radical (unpaired) electrons. The lowest BCUT2D eigenvalue weighted by atomic mass is 9.89. The Hall–Kier alpha value is -2.58. The molecule has 1 aliphatic rings. The van der Waals surface area contributed by atoms with Crippen molar-refractivity contribution in [1.29, 1.82) is 0 Å². The molecule has 0 unspecified atom stereocenters. The van der Waals surface area contributed by atoms with Crippen molar-refractivity contribution in [2.45, 2.75) is 18.9 Å². The highest BCUT2D eigenvalue weighted by Crippen LogP contribution is 2.34. The Morgan fingerprint density at radius 2 is 2.22 bits per heavy atom. The largest absolute Gasteiger partial charge is 0.339 e. The molecular formula is C19H16FN3O2S2. The second-order valence-corrected chi connectivity index (χ2v) is 8.16. The van der Waals surface area contributed by atoms with Crippen molar-refractivity contribution in [3.8, 4) is 9.88 Å². The fourth-order valence-corrected chi connectivity index (χ4v) is 4.76. The molecule has 0 aliphatic carbocycles. The number of thiophene rings is 1. The van der Waals surface area contributed by atoms with Gasteiger partial charge < -0.3 is 10.2 Å². The van der Waals surface area contributed by atoms with E-state index in [4.69, 9.17) is 0 Å². The van der Waals surface area contributed by atoms with Crippen LogP contribution in [0.25, 0.3) is 9.88 Å². The molecule has 4 rings (SSSR count). The number of carbonyl (C=O) groups is 2. The van der Waals surface area contributed by atoms with Gasteiger partial charge in [-0.15, -0.1) is 22.7 Å². The van der Waals surface area contributed by atoms with E-state index in [2.05, 4.69) is 10.3 Å². The van der Waals surface area contributed by atoms with Gasteiger partial charge in [-0.3, -0.25) is 9.59 Å². The number of carbonyl (C=O) groups excluding carboxylic acids is 2. The summed E-state index contributed by atoms with van der Waals surface area (Å²) in [7, 11) is 1.68. The van der Waals surface area contributed by atoms with E-state index in [-0.39, 0.29) is 18.2 Å². The summed E-state index contributed by atoms with van der Waals surface area (Å²) in [6.07, 6.45) is 0.0110. The lowest BCUT2D eigenvalue weighted by Crippen LogP contribution is -2.36. The summed E-state index contributed by atoms with van der Waals surface area (Å²) < 4.78 is 13.7. The first-order chi connectivity index (χ1) is 13.0. The predicted molar refractivity (Wildman–Crippen MR) is 104 cm³/mol. The van der Waals surface area contributed by atoms with Crippen LogP contribution in [-0.4, -0.2) is 28.7 Å². The van der Waals surface area contributed by atoms with Crippen LogP contribution in [-0.2, 0) is 16.1 Å². The molecule has 5 nitrogen and oxygen atoms in total. The van der Waals surface area contributed by atoms with Gasteiger partial charge in [0.25, 0.3) is 0 Å². The molecule has 0 fully saturated rings. The molecule has 8 heteroatoms. The van der Waals surface area contributed by atoms with E-state index >= 15 is 0 Å². The summed E-state index contributed by atoms with van der Waals surface area (Å²) in [5.74, 6) is -1.58. The Morgan fingerprint density at radius 3 is 3.00 bits per heavy atom. The highest BCUT2D eigenvalue weighted by atomic mass is 32.1. The fraction of sp³-hybridized carbons (Fsp3) is 0.211. The van der Waals surface area contributed by atoms with Crippen LogP contribution in [0.15, 0.2) is 41.1 Å². The van der Waals surface area contributed by atoms with Crippen LogP contribution in [0.5, 0.6) is 0 Å². The van der Waals surface area contributed by atoms with Gasteiger partial charge in [-0.2, -0.15) is 0 Å². The molecule has 1 aliphatic heterocycles. The fourth-order valence-electron chi connectivity index (χ4n) is 3.13. The molecule has 1 atom stereocenters. The molecule has 27 heavy (non-hydrogen) atoms. The van der Waals surface area contributed by atoms with Crippen LogP contribution >= 0.6 is 22.7 Å². The Morgan fingerprint density at radius 1 is 1.37 bits per heavy atom. The molecule has 1 aromatic carbocycles. The van der Waals surface area contributed by atoms with E-state index in [9.17, 15) is 14.0 Å². The Balaban J connectivity index is 1.53. The van der Waals surface area contributed by atoms with Crippen LogP contribution in [0.2, 0.25) is 0 Å². The number of benzene rings is 1. The lowest BCUT2D eigenvalue weighted by molar-refractivity contribution is -0.134. The molecular weight excluding hydrogens is 385 g/mol. The van der Waals surface area contributed by atoms with Gasteiger partial charge in [-0.25, -0.2) is 9.37 Å². The highest BCUT2D eigenvalue weighted by Gasteiger charge is 2.33. The number of hydrogen-bond acceptors (Lipinski definition) is 5. The van der Waals surface area contributed by atoms with Crippen LogP contribution in [0, 0.1) is 5.82 Å². The van der Waals surface area contributed by atoms with E-state index in [1.54, 1.807) is 23.3 Å². The monoisotopic (exact) mass is 401 g/mol. The van der Waals surface area contributed by atoms with Gasteiger partial charge in [-0.1, -0.05) is 6.07 Å². The molecule has 0 spiro atoms. The summed E-state index contributed by atoms with van der Waals surface area (Å²) in [5.41, 5.74) is 1.80. The summed E-state index contributed by atoms with van der Waals surface area (Å²) in [6.45, 7) is 0.337. The maximum atomic E-state index is 13.7. The van der Waals surface area contributed by atoms with Crippen molar-refractivity contribution >= 4 is 40.2 Å². The third-order valence-electron chi connectivity index (χ3n) is 4.41. The van der Waals surface area contributed by atoms with Gasteiger partial charge in [0.1, 0.15) is 10.8 Å². The average molecular weight is 401 g/mol. The lowest BCUT2D eigenvalue weighted by Gasteiger charge is -2.28. The van der Waals surface area contributed by atoms with E-state index < -0.39 is 11.7 Å². The first-order valence-electron chi connectivity index (χ1n) is 8.34. The number of thiazole rings is 1. The van der Waals surface area contributed by atoms with Crippen molar-refractivity contribution in [1.82, 2.24) is 9.88 Å². The number of likely N-dealkylation sites (N-methyl/N-ethyl adjacent to an activating group) is 1. The van der Waals surface area contributed by atoms with Gasteiger partial charge in [0.15, 0.2) is 0 Å². The first-order valence-corrected chi connectivity index (χ1v) is 10.1. The Labute approximate surface area is 163 Å². The van der Waals surface area contributed by atoms with E-state index in [1.807, 2.05) is 22.9 Å². The minimum atomic E-state index is -0.690. The normalized spacial score (nSPS) is 15.9. The molecule has 0 saturated heterocycles. The molecule has 0 bridgehead atoms. The van der Waals surface area contributed by atoms with Gasteiger partial charge in [0, 0.05) is 24.5 Å². The number of rotatable bonds is 4. The van der Waals surface area contributed by atoms with Crippen LogP contribution in [0.4, 0.5) is 10.1 Å². The van der Waals surface area contributed by atoms with Crippen molar-refractivity contribution in [3.63, 3.8) is 0 Å². The van der Waals surface area contributed by atoms with Gasteiger partial charge in [0.2, 0.25) is 11.8 Å². The maximum Gasteiger partial charge on any atom is 0.230 e. The van der Waals surface area contributed by atoms with Crippen LogP contribution in [0.1, 0.15) is 23.6 Å². The van der Waals surface area contributed by atoms with Crippen LogP contribution in [0.3, 0.4) is 0 Å². The predicted octanol–water partition coefficient (Wildman–Crippen LogP) is 4.10. The summed E-state index contributed by atoms with van der Waals surface area (Å²) in [4.78, 5) is 32.1. The van der Waals surface area contributed by atoms with Gasteiger partial charge in [-0.05, 0) is 35.2 Å². The molecule has 0 saturated carbocycles. The SMILES string of the molecule is CN(Cc1csc(-c2cccs2)n1)C(=O)[C@H]1CC(=O)Nc2ccc(F)cc21. The zero-order valence-electron chi connectivity index (χ0n) is 14.4. The standard InChI is InChI=1S/C19H16FN3O2S2/c1-23(9-12-10-27-18(21-12)16-3-2-6-26-16)19(25)14-8-17(24)22-15-5-4-11(20)7-13(14)15/h2-7,10,14H,8-9H2,1H3,(H,22,24)/t14-/m0/s1. The minimum absolute atomic E-state index is 0.0110. The van der Waals surface area contributed by atoms with Crippen molar-refractivity contribution in [3.05, 3.63) is 58.2 Å².